The van der Waals surface area contributed by atoms with Gasteiger partial charge in [0.05, 0.1) is 12.3 Å². The van der Waals surface area contributed by atoms with E-state index in [4.69, 9.17) is 0 Å². The number of amides is 2. The van der Waals surface area contributed by atoms with E-state index in [0.717, 1.165) is 11.1 Å². The van der Waals surface area contributed by atoms with E-state index in [2.05, 4.69) is 13.2 Å². The highest BCUT2D eigenvalue weighted by atomic mass is 31.2. The zero-order valence-electron chi connectivity index (χ0n) is 24.9. The molecule has 0 aliphatic carbocycles. The van der Waals surface area contributed by atoms with Gasteiger partial charge in [0.2, 0.25) is 11.8 Å². The van der Waals surface area contributed by atoms with Gasteiger partial charge >= 0.3 is 15.2 Å². The minimum Gasteiger partial charge on any atom is -0.335 e. The van der Waals surface area contributed by atoms with Crippen molar-refractivity contribution in [1.82, 2.24) is 9.80 Å². The van der Waals surface area contributed by atoms with Crippen LogP contribution in [-0.4, -0.2) is 78.7 Å². The second-order valence-corrected chi connectivity index (χ2v) is 14.4. The minimum atomic E-state index is -4.46. The minimum absolute atomic E-state index is 0.216. The predicted molar refractivity (Wildman–Crippen MR) is 169 cm³/mol. The first-order chi connectivity index (χ1) is 20.1. The van der Waals surface area contributed by atoms with Gasteiger partial charge in [-0.2, -0.15) is 0 Å². The zero-order chi connectivity index (χ0) is 32.2. The van der Waals surface area contributed by atoms with Crippen molar-refractivity contribution >= 4 is 27.0 Å². The number of hydrogen-bond donors (Lipinski definition) is 4. The monoisotopic (exact) mass is 634 g/mol. The Balaban J connectivity index is 2.19. The van der Waals surface area contributed by atoms with Crippen molar-refractivity contribution in [3.05, 3.63) is 96.1 Å². The van der Waals surface area contributed by atoms with Crippen LogP contribution in [0.2, 0.25) is 0 Å². The zero-order valence-corrected chi connectivity index (χ0v) is 26.7. The third kappa shape index (κ3) is 13.6. The first kappa shape index (κ1) is 36.4. The molecule has 236 valence electrons. The van der Waals surface area contributed by atoms with Crippen LogP contribution in [-0.2, 0) is 31.6 Å². The highest BCUT2D eigenvalue weighted by Crippen LogP contribution is 2.38. The van der Waals surface area contributed by atoms with Crippen molar-refractivity contribution in [1.29, 1.82) is 0 Å². The predicted octanol–water partition coefficient (Wildman–Crippen LogP) is 4.54. The molecular formula is C31H44N2O8P2. The standard InChI is InChI=1S/C31H44N2O8P2/c1-24(2)30(34)32(28(22-42(36,37)38)20-26-14-8-5-9-15-26)18-12-7-13-19-33(31(35)25(3)4)29(23-43(39,40)41)21-27-16-10-6-11-17-27/h5-6,8-11,14-17,28-29H,1,3,7,12-13,18-23H2,2,4H3,(H2,36,37,38)(H2,39,40,41). The summed E-state index contributed by atoms with van der Waals surface area (Å²) in [6.07, 6.45) is 1.02. The molecule has 0 radical (unpaired) electrons. The van der Waals surface area contributed by atoms with E-state index in [1.807, 2.05) is 60.7 Å². The molecule has 0 aromatic heterocycles. The summed E-state index contributed by atoms with van der Waals surface area (Å²) in [4.78, 5) is 68.4. The largest absolute Gasteiger partial charge is 0.335 e. The molecule has 0 aliphatic heterocycles. The van der Waals surface area contributed by atoms with Crippen LogP contribution < -0.4 is 0 Å². The summed E-state index contributed by atoms with van der Waals surface area (Å²) >= 11 is 0. The summed E-state index contributed by atoms with van der Waals surface area (Å²) in [6, 6.07) is 16.8. The van der Waals surface area contributed by atoms with Gasteiger partial charge in [0.25, 0.3) is 0 Å². The molecule has 0 fully saturated rings. The maximum atomic E-state index is 13.1. The molecule has 2 atom stereocenters. The van der Waals surface area contributed by atoms with E-state index in [1.54, 1.807) is 13.8 Å². The van der Waals surface area contributed by atoms with Crippen LogP contribution in [0.5, 0.6) is 0 Å². The maximum Gasteiger partial charge on any atom is 0.327 e. The van der Waals surface area contributed by atoms with Crippen LogP contribution in [0.15, 0.2) is 85.0 Å². The van der Waals surface area contributed by atoms with Crippen LogP contribution in [0.4, 0.5) is 0 Å². The molecule has 2 unspecified atom stereocenters. The van der Waals surface area contributed by atoms with Gasteiger partial charge < -0.3 is 29.4 Å². The smallest absolute Gasteiger partial charge is 0.327 e. The molecule has 10 nitrogen and oxygen atoms in total. The SMILES string of the molecule is C=C(C)C(=O)N(CCCCCN(C(=O)C(=C)C)C(Cc1ccccc1)CP(=O)(O)O)C(Cc1ccccc1)CP(=O)(O)O. The first-order valence-electron chi connectivity index (χ1n) is 14.2. The Hall–Kier alpha value is -2.84. The number of carbonyl (C=O) groups is 2. The van der Waals surface area contributed by atoms with E-state index in [1.165, 1.54) is 9.80 Å². The van der Waals surface area contributed by atoms with Crippen molar-refractivity contribution in [3.63, 3.8) is 0 Å². The molecule has 0 saturated carbocycles. The molecular weight excluding hydrogens is 590 g/mol. The van der Waals surface area contributed by atoms with Crippen LogP contribution >= 0.6 is 15.2 Å². The highest BCUT2D eigenvalue weighted by Gasteiger charge is 2.32. The van der Waals surface area contributed by atoms with Crippen molar-refractivity contribution in [3.8, 4) is 0 Å². The van der Waals surface area contributed by atoms with Gasteiger partial charge in [-0.25, -0.2) is 0 Å². The van der Waals surface area contributed by atoms with Crippen LogP contribution in [0.1, 0.15) is 44.2 Å². The van der Waals surface area contributed by atoms with Gasteiger partial charge in [0.15, 0.2) is 0 Å². The lowest BCUT2D eigenvalue weighted by Crippen LogP contribution is -2.45. The Morgan fingerprint density at radius 2 is 0.977 bits per heavy atom. The van der Waals surface area contributed by atoms with Gasteiger partial charge in [0, 0.05) is 36.3 Å². The topological polar surface area (TPSA) is 156 Å². The van der Waals surface area contributed by atoms with Crippen LogP contribution in [0.3, 0.4) is 0 Å². The summed E-state index contributed by atoms with van der Waals surface area (Å²) in [5, 5.41) is 0. The fraction of sp³-hybridized carbons (Fsp3) is 0.419. The molecule has 0 bridgehead atoms. The third-order valence-corrected chi connectivity index (χ3v) is 8.75. The number of carbonyl (C=O) groups excluding carboxylic acids is 2. The van der Waals surface area contributed by atoms with Crippen molar-refractivity contribution in [2.75, 3.05) is 25.4 Å². The molecule has 0 saturated heterocycles. The molecule has 2 rings (SSSR count). The lowest BCUT2D eigenvalue weighted by atomic mass is 10.0. The van der Waals surface area contributed by atoms with Gasteiger partial charge in [-0.05, 0) is 57.1 Å². The Bertz CT molecular complexity index is 1220. The third-order valence-electron chi connectivity index (χ3n) is 6.96. The quantitative estimate of drug-likeness (QED) is 0.106. The molecule has 12 heteroatoms. The summed E-state index contributed by atoms with van der Waals surface area (Å²) in [5.41, 5.74) is 2.18. The van der Waals surface area contributed by atoms with Gasteiger partial charge in [-0.3, -0.25) is 18.7 Å². The molecule has 0 heterocycles. The molecule has 2 aromatic carbocycles. The Labute approximate surface area is 254 Å². The fourth-order valence-corrected chi connectivity index (χ4v) is 6.75. The Morgan fingerprint density at radius 3 is 1.26 bits per heavy atom. The summed E-state index contributed by atoms with van der Waals surface area (Å²) in [7, 11) is -8.92. The van der Waals surface area contributed by atoms with E-state index < -0.39 is 51.4 Å². The number of unbranched alkanes of at least 4 members (excludes halogenated alkanes) is 2. The van der Waals surface area contributed by atoms with Crippen molar-refractivity contribution in [2.45, 2.75) is 58.0 Å². The van der Waals surface area contributed by atoms with E-state index in [0.29, 0.717) is 19.3 Å². The molecule has 0 spiro atoms. The summed E-state index contributed by atoms with van der Waals surface area (Å²) in [6.45, 7) is 11.0. The average Bonchev–Trinajstić information content (AvgIpc) is 2.91. The van der Waals surface area contributed by atoms with E-state index in [-0.39, 0.29) is 37.1 Å². The summed E-state index contributed by atoms with van der Waals surface area (Å²) < 4.78 is 24.1. The number of nitrogens with zero attached hydrogens (tertiary/aromatic N) is 2. The Morgan fingerprint density at radius 1 is 0.651 bits per heavy atom. The van der Waals surface area contributed by atoms with Gasteiger partial charge in [-0.15, -0.1) is 0 Å². The van der Waals surface area contributed by atoms with Crippen molar-refractivity contribution in [2.24, 2.45) is 0 Å². The van der Waals surface area contributed by atoms with Gasteiger partial charge in [-0.1, -0.05) is 73.8 Å². The number of hydrogen-bond acceptors (Lipinski definition) is 4. The molecule has 4 N–H and O–H groups in total. The van der Waals surface area contributed by atoms with E-state index >= 15 is 0 Å². The second-order valence-electron chi connectivity index (χ2n) is 11.0. The molecule has 2 amide bonds. The highest BCUT2D eigenvalue weighted by molar-refractivity contribution is 7.52. The molecule has 2 aromatic rings. The fourth-order valence-electron chi connectivity index (χ4n) is 5.00. The average molecular weight is 635 g/mol. The lowest BCUT2D eigenvalue weighted by Gasteiger charge is -2.34. The van der Waals surface area contributed by atoms with Crippen LogP contribution in [0, 0.1) is 0 Å². The normalized spacial score (nSPS) is 13.2. The van der Waals surface area contributed by atoms with Crippen molar-refractivity contribution < 1.29 is 38.3 Å². The maximum absolute atomic E-state index is 13.1. The Kier molecular flexibility index (Phi) is 14.3. The second kappa shape index (κ2) is 16.9. The van der Waals surface area contributed by atoms with Gasteiger partial charge in [0.1, 0.15) is 0 Å². The number of rotatable bonds is 18. The lowest BCUT2D eigenvalue weighted by molar-refractivity contribution is -0.129. The molecule has 43 heavy (non-hydrogen) atoms. The number of benzene rings is 2. The van der Waals surface area contributed by atoms with Crippen LogP contribution in [0.25, 0.3) is 0 Å². The summed E-state index contributed by atoms with van der Waals surface area (Å²) in [5.74, 6) is -0.781. The first-order valence-corrected chi connectivity index (χ1v) is 17.8. The molecule has 0 aliphatic rings. The van der Waals surface area contributed by atoms with E-state index in [9.17, 15) is 38.3 Å².